The van der Waals surface area contributed by atoms with Crippen LogP contribution in [0.4, 0.5) is 4.79 Å². The second-order valence-corrected chi connectivity index (χ2v) is 4.55. The van der Waals surface area contributed by atoms with E-state index in [4.69, 9.17) is 19.5 Å². The Morgan fingerprint density at radius 1 is 1.43 bits per heavy atom. The molecule has 0 aliphatic carbocycles. The molecule has 0 saturated carbocycles. The molecule has 0 radical (unpaired) electrons. The van der Waals surface area contributed by atoms with Gasteiger partial charge in [0.1, 0.15) is 0 Å². The van der Waals surface area contributed by atoms with E-state index in [9.17, 15) is 4.57 Å². The maximum absolute atomic E-state index is 11.2. The summed E-state index contributed by atoms with van der Waals surface area (Å²) in [5.41, 5.74) is -1.36. The summed E-state index contributed by atoms with van der Waals surface area (Å²) >= 11 is 4.19. The maximum atomic E-state index is 11.2. The van der Waals surface area contributed by atoms with Crippen molar-refractivity contribution in [3.63, 3.8) is 0 Å². The topological polar surface area (TPSA) is 93.1 Å². The highest BCUT2D eigenvalue weighted by molar-refractivity contribution is 7.53. The van der Waals surface area contributed by atoms with Gasteiger partial charge in [0, 0.05) is 17.8 Å². The molecule has 2 N–H and O–H groups in total. The van der Waals surface area contributed by atoms with Gasteiger partial charge in [-0.3, -0.25) is 9.09 Å². The van der Waals surface area contributed by atoms with Gasteiger partial charge < -0.3 is 14.7 Å². The summed E-state index contributed by atoms with van der Waals surface area (Å²) in [5, 5.41) is 15.5. The number of rotatable bonds is 5. The van der Waals surface area contributed by atoms with E-state index in [0.29, 0.717) is 12.8 Å². The Kier molecular flexibility index (Phi) is 11.0. The maximum Gasteiger partial charge on any atom is 0.401 e. The molecule has 1 unspecified atom stereocenters. The van der Waals surface area contributed by atoms with Gasteiger partial charge in [0.05, 0.1) is 6.61 Å². The molecule has 0 amide bonds. The Hall–Kier alpha value is -0.130. The quantitative estimate of drug-likeness (QED) is 0.440. The lowest BCUT2D eigenvalue weighted by molar-refractivity contribution is 0.0777. The number of carboxylic acid groups (broad SMARTS) is 1. The SMILES string of the molecule is CCOP(=O)(CC)OCO.O=C(O)Cl. The molecule has 0 aliphatic heterocycles. The Balaban J connectivity index is 0. The fourth-order valence-corrected chi connectivity index (χ4v) is 1.51. The summed E-state index contributed by atoms with van der Waals surface area (Å²) < 4.78 is 20.5. The van der Waals surface area contributed by atoms with Crippen molar-refractivity contribution in [1.82, 2.24) is 0 Å². The smallest absolute Gasteiger partial charge is 0.401 e. The van der Waals surface area contributed by atoms with Crippen LogP contribution < -0.4 is 0 Å². The van der Waals surface area contributed by atoms with E-state index in [1.165, 1.54) is 0 Å². The summed E-state index contributed by atoms with van der Waals surface area (Å²) in [6.07, 6.45) is 0.293. The monoisotopic (exact) mass is 248 g/mol. The van der Waals surface area contributed by atoms with E-state index in [1.807, 2.05) is 0 Å². The molecular formula is C6H14ClO6P. The van der Waals surface area contributed by atoms with E-state index in [1.54, 1.807) is 13.8 Å². The predicted molar refractivity (Wildman–Crippen MR) is 51.8 cm³/mol. The Labute approximate surface area is 87.3 Å². The number of carbonyl (C=O) groups is 1. The van der Waals surface area contributed by atoms with Crippen LogP contribution in [0.25, 0.3) is 0 Å². The van der Waals surface area contributed by atoms with Crippen LogP contribution in [0, 0.1) is 0 Å². The normalized spacial score (nSPS) is 13.7. The molecule has 1 atom stereocenters. The highest BCUT2D eigenvalue weighted by Crippen LogP contribution is 2.46. The van der Waals surface area contributed by atoms with Gasteiger partial charge in [-0.05, 0) is 6.92 Å². The summed E-state index contributed by atoms with van der Waals surface area (Å²) in [6, 6.07) is 0. The standard InChI is InChI=1S/C5H13O4P.CHClO2/c1-3-8-10(7,4-2)9-5-6;2-1(3)4/h6H,3-5H2,1-2H3;(H,3,4). The van der Waals surface area contributed by atoms with Crippen molar-refractivity contribution in [2.24, 2.45) is 0 Å². The molecule has 0 spiro atoms. The van der Waals surface area contributed by atoms with Gasteiger partial charge in [-0.15, -0.1) is 0 Å². The molecule has 0 aromatic carbocycles. The molecular weight excluding hydrogens is 234 g/mol. The van der Waals surface area contributed by atoms with E-state index in [2.05, 4.69) is 16.1 Å². The van der Waals surface area contributed by atoms with E-state index in [0.717, 1.165) is 0 Å². The zero-order chi connectivity index (χ0) is 11.6. The fraction of sp³-hybridized carbons (Fsp3) is 0.833. The van der Waals surface area contributed by atoms with E-state index >= 15 is 0 Å². The summed E-state index contributed by atoms with van der Waals surface area (Å²) in [6.45, 7) is 3.20. The molecule has 6 nitrogen and oxygen atoms in total. The molecule has 0 aromatic heterocycles. The first kappa shape index (κ1) is 16.3. The van der Waals surface area contributed by atoms with Crippen LogP contribution in [0.2, 0.25) is 0 Å². The number of aliphatic hydroxyl groups is 1. The highest BCUT2D eigenvalue weighted by Gasteiger charge is 2.19. The van der Waals surface area contributed by atoms with Gasteiger partial charge >= 0.3 is 13.0 Å². The first-order chi connectivity index (χ1) is 6.41. The van der Waals surface area contributed by atoms with Crippen molar-refractivity contribution in [2.45, 2.75) is 13.8 Å². The molecule has 0 fully saturated rings. The number of hydrogen-bond acceptors (Lipinski definition) is 5. The van der Waals surface area contributed by atoms with E-state index < -0.39 is 19.8 Å². The average Bonchev–Trinajstić information content (AvgIpc) is 2.04. The third kappa shape index (κ3) is 11.9. The lowest BCUT2D eigenvalue weighted by Crippen LogP contribution is -1.98. The van der Waals surface area contributed by atoms with Gasteiger partial charge in [0.15, 0.2) is 6.79 Å². The summed E-state index contributed by atoms with van der Waals surface area (Å²) in [7, 11) is -2.95. The third-order valence-corrected chi connectivity index (χ3v) is 2.90. The number of hydrogen-bond donors (Lipinski definition) is 2. The van der Waals surface area contributed by atoms with Gasteiger partial charge in [0.25, 0.3) is 0 Å². The average molecular weight is 249 g/mol. The number of halogens is 1. The van der Waals surface area contributed by atoms with Crippen molar-refractivity contribution in [1.29, 1.82) is 0 Å². The van der Waals surface area contributed by atoms with Crippen LogP contribution in [0.15, 0.2) is 0 Å². The van der Waals surface area contributed by atoms with Crippen LogP contribution in [0.5, 0.6) is 0 Å². The molecule has 0 aliphatic rings. The Bertz CT molecular complexity index is 183. The summed E-state index contributed by atoms with van der Waals surface area (Å²) in [4.78, 5) is 8.77. The molecule has 0 rings (SSSR count). The first-order valence-corrected chi connectivity index (χ1v) is 5.89. The highest BCUT2D eigenvalue weighted by atomic mass is 35.5. The predicted octanol–water partition coefficient (Wildman–Crippen LogP) is 2.11. The van der Waals surface area contributed by atoms with Crippen LogP contribution in [-0.4, -0.2) is 35.2 Å². The van der Waals surface area contributed by atoms with Crippen LogP contribution in [0.1, 0.15) is 13.8 Å². The second-order valence-electron chi connectivity index (χ2n) is 1.86. The lowest BCUT2D eigenvalue weighted by Gasteiger charge is -2.13. The summed E-state index contributed by atoms with van der Waals surface area (Å²) in [5.74, 6) is 0. The van der Waals surface area contributed by atoms with Crippen molar-refractivity contribution in [3.8, 4) is 0 Å². The van der Waals surface area contributed by atoms with Crippen molar-refractivity contribution in [2.75, 3.05) is 19.6 Å². The van der Waals surface area contributed by atoms with Gasteiger partial charge in [-0.1, -0.05) is 6.92 Å². The van der Waals surface area contributed by atoms with Crippen molar-refractivity contribution >= 4 is 24.6 Å². The van der Waals surface area contributed by atoms with Crippen LogP contribution in [0.3, 0.4) is 0 Å². The fourth-order valence-electron chi connectivity index (χ4n) is 0.505. The van der Waals surface area contributed by atoms with Crippen molar-refractivity contribution in [3.05, 3.63) is 0 Å². The minimum absolute atomic E-state index is 0.293. The molecule has 0 aromatic rings. The Morgan fingerprint density at radius 2 is 1.86 bits per heavy atom. The molecule has 14 heavy (non-hydrogen) atoms. The molecule has 0 heterocycles. The minimum atomic E-state index is -2.95. The van der Waals surface area contributed by atoms with Crippen LogP contribution in [-0.2, 0) is 13.6 Å². The third-order valence-electron chi connectivity index (χ3n) is 0.968. The lowest BCUT2D eigenvalue weighted by atomic mass is 10.9. The molecule has 86 valence electrons. The first-order valence-electron chi connectivity index (χ1n) is 3.79. The van der Waals surface area contributed by atoms with Gasteiger partial charge in [-0.2, -0.15) is 0 Å². The van der Waals surface area contributed by atoms with Gasteiger partial charge in [0.2, 0.25) is 0 Å². The zero-order valence-corrected chi connectivity index (χ0v) is 9.62. The van der Waals surface area contributed by atoms with Crippen molar-refractivity contribution < 1.29 is 28.6 Å². The Morgan fingerprint density at radius 3 is 2.07 bits per heavy atom. The second kappa shape index (κ2) is 9.43. The van der Waals surface area contributed by atoms with Gasteiger partial charge in [-0.25, -0.2) is 4.79 Å². The van der Waals surface area contributed by atoms with Crippen LogP contribution >= 0.6 is 19.2 Å². The van der Waals surface area contributed by atoms with E-state index in [-0.39, 0.29) is 0 Å². The molecule has 0 bridgehead atoms. The largest absolute Gasteiger partial charge is 0.469 e. The number of aliphatic hydroxyl groups excluding tert-OH is 1. The minimum Gasteiger partial charge on any atom is -0.469 e. The zero-order valence-electron chi connectivity index (χ0n) is 7.97. The molecule has 0 saturated heterocycles. The molecule has 8 heteroatoms.